The second kappa shape index (κ2) is 9.58. The maximum Gasteiger partial charge on any atom is 0.257 e. The number of carbonyl (C=O) groups is 1. The summed E-state index contributed by atoms with van der Waals surface area (Å²) in [6, 6.07) is 3.14. The van der Waals surface area contributed by atoms with Crippen molar-refractivity contribution in [3.63, 3.8) is 0 Å². The number of aryl methyl sites for hydroxylation is 1. The lowest BCUT2D eigenvalue weighted by molar-refractivity contribution is 0.102. The van der Waals surface area contributed by atoms with Crippen molar-refractivity contribution in [2.45, 2.75) is 39.5 Å². The third-order valence-corrected chi connectivity index (χ3v) is 4.64. The Balaban J connectivity index is 2.09. The zero-order valence-corrected chi connectivity index (χ0v) is 16.2. The highest BCUT2D eigenvalue weighted by molar-refractivity contribution is 7.15. The molecule has 0 aliphatic rings. The normalized spacial score (nSPS) is 10.6. The lowest BCUT2D eigenvalue weighted by Gasteiger charge is -2.12. The zero-order valence-electron chi connectivity index (χ0n) is 14.6. The SMILES string of the molecule is CCCCCc1nnc(NC(=O)c2cc(Cl)c(OCC)c(OC)c2)s1. The van der Waals surface area contributed by atoms with Gasteiger partial charge in [-0.15, -0.1) is 10.2 Å². The van der Waals surface area contributed by atoms with E-state index < -0.39 is 0 Å². The van der Waals surface area contributed by atoms with Crippen LogP contribution in [0.1, 0.15) is 48.5 Å². The Morgan fingerprint density at radius 1 is 1.28 bits per heavy atom. The molecule has 0 fully saturated rings. The summed E-state index contributed by atoms with van der Waals surface area (Å²) in [5, 5.41) is 12.6. The van der Waals surface area contributed by atoms with E-state index in [1.54, 1.807) is 12.1 Å². The minimum absolute atomic E-state index is 0.320. The Bertz CT molecular complexity index is 721. The van der Waals surface area contributed by atoms with Gasteiger partial charge in [-0.3, -0.25) is 10.1 Å². The van der Waals surface area contributed by atoms with Gasteiger partial charge in [0.05, 0.1) is 18.7 Å². The number of methoxy groups -OCH3 is 1. The van der Waals surface area contributed by atoms with Gasteiger partial charge in [-0.25, -0.2) is 0 Å². The predicted molar refractivity (Wildman–Crippen MR) is 100 cm³/mol. The number of halogens is 1. The van der Waals surface area contributed by atoms with Gasteiger partial charge in [0.1, 0.15) is 5.01 Å². The van der Waals surface area contributed by atoms with Crippen molar-refractivity contribution < 1.29 is 14.3 Å². The van der Waals surface area contributed by atoms with E-state index in [1.165, 1.54) is 18.4 Å². The molecule has 136 valence electrons. The molecular formula is C17H22ClN3O3S. The van der Waals surface area contributed by atoms with Crippen molar-refractivity contribution in [2.75, 3.05) is 19.0 Å². The molecule has 6 nitrogen and oxygen atoms in total. The molecule has 0 radical (unpaired) electrons. The first-order valence-corrected chi connectivity index (χ1v) is 9.42. The number of anilines is 1. The van der Waals surface area contributed by atoms with Crippen LogP contribution in [-0.4, -0.2) is 29.8 Å². The van der Waals surface area contributed by atoms with E-state index in [0.29, 0.717) is 33.8 Å². The van der Waals surface area contributed by atoms with Crippen molar-refractivity contribution in [3.05, 3.63) is 27.7 Å². The summed E-state index contributed by atoms with van der Waals surface area (Å²) in [5.74, 6) is 0.522. The maximum atomic E-state index is 12.4. The molecule has 1 aromatic heterocycles. The summed E-state index contributed by atoms with van der Waals surface area (Å²) in [6.07, 6.45) is 4.27. The summed E-state index contributed by atoms with van der Waals surface area (Å²) in [5.41, 5.74) is 0.369. The molecule has 0 unspecified atom stereocenters. The molecule has 2 rings (SSSR count). The predicted octanol–water partition coefficient (Wildman–Crippen LogP) is 4.58. The second-order valence-corrected chi connectivity index (χ2v) is 6.80. The molecule has 8 heteroatoms. The number of ether oxygens (including phenoxy) is 2. The molecule has 1 N–H and O–H groups in total. The van der Waals surface area contributed by atoms with E-state index in [4.69, 9.17) is 21.1 Å². The Labute approximate surface area is 156 Å². The Morgan fingerprint density at radius 2 is 2.08 bits per heavy atom. The van der Waals surface area contributed by atoms with Crippen molar-refractivity contribution in [2.24, 2.45) is 0 Å². The summed E-state index contributed by atoms with van der Waals surface area (Å²) >= 11 is 7.59. The van der Waals surface area contributed by atoms with Crippen LogP contribution in [0.25, 0.3) is 0 Å². The average Bonchev–Trinajstić information content (AvgIpc) is 3.04. The number of nitrogens with zero attached hydrogens (tertiary/aromatic N) is 2. The monoisotopic (exact) mass is 383 g/mol. The van der Waals surface area contributed by atoms with Gasteiger partial charge in [0.15, 0.2) is 11.5 Å². The van der Waals surface area contributed by atoms with Crippen LogP contribution >= 0.6 is 22.9 Å². The fraction of sp³-hybridized carbons (Fsp3) is 0.471. The van der Waals surface area contributed by atoms with E-state index in [1.807, 2.05) is 6.92 Å². The minimum Gasteiger partial charge on any atom is -0.493 e. The van der Waals surface area contributed by atoms with Gasteiger partial charge < -0.3 is 9.47 Å². The number of carbonyl (C=O) groups excluding carboxylic acids is 1. The molecule has 0 aliphatic carbocycles. The standard InChI is InChI=1S/C17H22ClN3O3S/c1-4-6-7-8-14-20-21-17(25-14)19-16(22)11-9-12(18)15(24-5-2)13(10-11)23-3/h9-10H,4-8H2,1-3H3,(H,19,21,22). The van der Waals surface area contributed by atoms with Gasteiger partial charge in [0.25, 0.3) is 5.91 Å². The van der Waals surface area contributed by atoms with Gasteiger partial charge in [-0.05, 0) is 25.5 Å². The van der Waals surface area contributed by atoms with E-state index in [2.05, 4.69) is 22.4 Å². The number of hydrogen-bond donors (Lipinski definition) is 1. The van der Waals surface area contributed by atoms with Crippen LogP contribution < -0.4 is 14.8 Å². The molecule has 0 bridgehead atoms. The molecule has 25 heavy (non-hydrogen) atoms. The molecular weight excluding hydrogens is 362 g/mol. The molecule has 0 aliphatic heterocycles. The number of rotatable bonds is 9. The average molecular weight is 384 g/mol. The highest BCUT2D eigenvalue weighted by Gasteiger charge is 2.17. The zero-order chi connectivity index (χ0) is 18.2. The minimum atomic E-state index is -0.320. The first-order chi connectivity index (χ1) is 12.1. The van der Waals surface area contributed by atoms with Crippen LogP contribution in [0.3, 0.4) is 0 Å². The molecule has 0 atom stereocenters. The Morgan fingerprint density at radius 3 is 2.76 bits per heavy atom. The van der Waals surface area contributed by atoms with Gasteiger partial charge >= 0.3 is 0 Å². The first-order valence-electron chi connectivity index (χ1n) is 8.23. The second-order valence-electron chi connectivity index (χ2n) is 5.33. The number of aromatic nitrogens is 2. The number of benzene rings is 1. The molecule has 0 saturated carbocycles. The summed E-state index contributed by atoms with van der Waals surface area (Å²) in [7, 11) is 1.50. The topological polar surface area (TPSA) is 73.3 Å². The van der Waals surface area contributed by atoms with E-state index in [9.17, 15) is 4.79 Å². The Hall–Kier alpha value is -1.86. The highest BCUT2D eigenvalue weighted by Crippen LogP contribution is 2.36. The van der Waals surface area contributed by atoms with Gasteiger partial charge in [0.2, 0.25) is 5.13 Å². The summed E-state index contributed by atoms with van der Waals surface area (Å²) < 4.78 is 10.7. The van der Waals surface area contributed by atoms with Gasteiger partial charge in [-0.2, -0.15) is 0 Å². The van der Waals surface area contributed by atoms with Crippen LogP contribution in [0.4, 0.5) is 5.13 Å². The largest absolute Gasteiger partial charge is 0.493 e. The van der Waals surface area contributed by atoms with Crippen LogP contribution in [0.5, 0.6) is 11.5 Å². The maximum absolute atomic E-state index is 12.4. The smallest absolute Gasteiger partial charge is 0.257 e. The van der Waals surface area contributed by atoms with Crippen molar-refractivity contribution in [1.29, 1.82) is 0 Å². The molecule has 1 amide bonds. The molecule has 0 saturated heterocycles. The van der Waals surface area contributed by atoms with E-state index in [-0.39, 0.29) is 5.91 Å². The van der Waals surface area contributed by atoms with Crippen LogP contribution in [-0.2, 0) is 6.42 Å². The number of amides is 1. The summed E-state index contributed by atoms with van der Waals surface area (Å²) in [4.78, 5) is 12.4. The summed E-state index contributed by atoms with van der Waals surface area (Å²) in [6.45, 7) is 4.46. The quantitative estimate of drug-likeness (QED) is 0.641. The lowest BCUT2D eigenvalue weighted by Crippen LogP contribution is -2.12. The number of hydrogen-bond acceptors (Lipinski definition) is 6. The van der Waals surface area contributed by atoms with Crippen LogP contribution in [0.15, 0.2) is 12.1 Å². The molecule has 1 heterocycles. The van der Waals surface area contributed by atoms with Gasteiger partial charge in [0, 0.05) is 12.0 Å². The third-order valence-electron chi connectivity index (χ3n) is 3.46. The van der Waals surface area contributed by atoms with E-state index in [0.717, 1.165) is 30.7 Å². The van der Waals surface area contributed by atoms with Gasteiger partial charge in [-0.1, -0.05) is 42.7 Å². The molecule has 2 aromatic rings. The van der Waals surface area contributed by atoms with E-state index >= 15 is 0 Å². The number of unbranched alkanes of at least 4 members (excludes halogenated alkanes) is 2. The molecule has 1 aromatic carbocycles. The lowest BCUT2D eigenvalue weighted by atomic mass is 10.2. The first kappa shape index (κ1) is 19.5. The fourth-order valence-corrected chi connectivity index (χ4v) is 3.28. The Kier molecular flexibility index (Phi) is 7.46. The third kappa shape index (κ3) is 5.31. The van der Waals surface area contributed by atoms with Crippen molar-refractivity contribution in [1.82, 2.24) is 10.2 Å². The van der Waals surface area contributed by atoms with Crippen molar-refractivity contribution in [3.8, 4) is 11.5 Å². The van der Waals surface area contributed by atoms with Crippen molar-refractivity contribution >= 4 is 34.0 Å². The highest BCUT2D eigenvalue weighted by atomic mass is 35.5. The fourth-order valence-electron chi connectivity index (χ4n) is 2.24. The van der Waals surface area contributed by atoms with Crippen LogP contribution in [0.2, 0.25) is 5.02 Å². The van der Waals surface area contributed by atoms with Crippen LogP contribution in [0, 0.1) is 0 Å². The number of nitrogens with one attached hydrogen (secondary N) is 1. The molecule has 0 spiro atoms.